The predicted octanol–water partition coefficient (Wildman–Crippen LogP) is 3.31. The topological polar surface area (TPSA) is 207 Å². The Bertz CT molecular complexity index is 1060. The largest absolute Gasteiger partial charge is 0.481 e. The number of hydroxylamine groups is 1. The highest BCUT2D eigenvalue weighted by Gasteiger charge is 2.44. The van der Waals surface area contributed by atoms with E-state index in [9.17, 15) is 39.8 Å². The molecule has 4 aliphatic carbocycles. The second kappa shape index (κ2) is 17.3. The zero-order valence-corrected chi connectivity index (χ0v) is 27.8. The summed E-state index contributed by atoms with van der Waals surface area (Å²) in [6, 6.07) is -0.767. The lowest BCUT2D eigenvalue weighted by atomic mass is 9.76. The number of aliphatic carboxylic acids is 2. The first-order valence-corrected chi connectivity index (χ1v) is 17.5. The summed E-state index contributed by atoms with van der Waals surface area (Å²) in [7, 11) is 0. The number of ether oxygens (including phenoxy) is 2. The Morgan fingerprint density at radius 2 is 1.34 bits per heavy atom. The van der Waals surface area contributed by atoms with Crippen LogP contribution >= 0.6 is 0 Å². The molecule has 6 unspecified atom stereocenters. The molecule has 47 heavy (non-hydrogen) atoms. The van der Waals surface area contributed by atoms with E-state index in [0.29, 0.717) is 32.7 Å². The highest BCUT2D eigenvalue weighted by Crippen LogP contribution is 2.34. The highest BCUT2D eigenvalue weighted by molar-refractivity contribution is 5.85. The summed E-state index contributed by atoms with van der Waals surface area (Å²) in [6.45, 7) is 5.70. The molecule has 0 aromatic carbocycles. The van der Waals surface area contributed by atoms with Gasteiger partial charge in [0.15, 0.2) is 0 Å². The monoisotopic (exact) mass is 669 g/mol. The van der Waals surface area contributed by atoms with Gasteiger partial charge in [-0.15, -0.1) is 0 Å². The zero-order valence-electron chi connectivity index (χ0n) is 27.8. The van der Waals surface area contributed by atoms with E-state index in [1.807, 2.05) is 0 Å². The maximum Gasteiger partial charge on any atom is 0.307 e. The molecular weight excluding hydrogens is 614 g/mol. The van der Waals surface area contributed by atoms with Gasteiger partial charge in [-0.1, -0.05) is 13.8 Å². The van der Waals surface area contributed by atoms with Crippen LogP contribution in [0.4, 0.5) is 0 Å². The van der Waals surface area contributed by atoms with Gasteiger partial charge in [0.1, 0.15) is 0 Å². The Balaban J connectivity index is 1.07. The number of aliphatic hydroxyl groups excluding tert-OH is 1. The van der Waals surface area contributed by atoms with E-state index < -0.39 is 46.8 Å². The fraction of sp³-hybridized carbons (Fsp3) is 0.909. The number of nitrogens with one attached hydrogen (secondary N) is 2. The lowest BCUT2D eigenvalue weighted by Crippen LogP contribution is -2.48. The van der Waals surface area contributed by atoms with Crippen molar-refractivity contribution in [1.82, 2.24) is 10.8 Å². The molecule has 0 heterocycles. The number of carboxylic acid groups (broad SMARTS) is 2. The van der Waals surface area contributed by atoms with E-state index in [1.165, 1.54) is 0 Å². The van der Waals surface area contributed by atoms with E-state index in [0.717, 1.165) is 51.4 Å². The SMILES string of the molecule is CC(C)(COC1CCC(NOCC2CCC(O)CC2C(=O)O)CC1)COC1CCC(NC(=O)C2CCC([N+](=O)[O-])CC2C(=O)O)CC1. The molecule has 0 bridgehead atoms. The van der Waals surface area contributed by atoms with Gasteiger partial charge in [0, 0.05) is 35.3 Å². The Kier molecular flexibility index (Phi) is 13.8. The number of nitrogens with zero attached hydrogens (tertiary/aromatic N) is 1. The number of nitro groups is 1. The maximum absolute atomic E-state index is 12.9. The van der Waals surface area contributed by atoms with Crippen molar-refractivity contribution < 1.29 is 48.9 Å². The Labute approximate surface area is 276 Å². The number of hydrogen-bond acceptors (Lipinski definition) is 10. The van der Waals surface area contributed by atoms with Crippen molar-refractivity contribution in [3.8, 4) is 0 Å². The molecule has 4 aliphatic rings. The van der Waals surface area contributed by atoms with Crippen LogP contribution in [0.5, 0.6) is 0 Å². The number of carbonyl (C=O) groups excluding carboxylic acids is 1. The molecule has 0 spiro atoms. The Morgan fingerprint density at radius 3 is 1.89 bits per heavy atom. The van der Waals surface area contributed by atoms with Crippen LogP contribution in [-0.2, 0) is 28.7 Å². The summed E-state index contributed by atoms with van der Waals surface area (Å²) in [6.07, 6.45) is 8.23. The predicted molar refractivity (Wildman–Crippen MR) is 169 cm³/mol. The number of aliphatic hydroxyl groups is 1. The van der Waals surface area contributed by atoms with Crippen LogP contribution in [0, 0.1) is 39.2 Å². The molecule has 268 valence electrons. The first kappa shape index (κ1) is 37.4. The van der Waals surface area contributed by atoms with Crippen LogP contribution in [0.1, 0.15) is 104 Å². The van der Waals surface area contributed by atoms with Crippen molar-refractivity contribution >= 4 is 17.8 Å². The fourth-order valence-electron chi connectivity index (χ4n) is 7.67. The van der Waals surface area contributed by atoms with Crippen LogP contribution in [0.2, 0.25) is 0 Å². The molecule has 4 fully saturated rings. The first-order chi connectivity index (χ1) is 22.3. The average Bonchev–Trinajstić information content (AvgIpc) is 3.04. The minimum atomic E-state index is -1.15. The lowest BCUT2D eigenvalue weighted by Gasteiger charge is -2.35. The lowest BCUT2D eigenvalue weighted by molar-refractivity contribution is -0.528. The molecule has 0 aliphatic heterocycles. The molecule has 1 amide bonds. The highest BCUT2D eigenvalue weighted by atomic mass is 16.6. The number of amides is 1. The number of carboxylic acids is 2. The van der Waals surface area contributed by atoms with Crippen LogP contribution < -0.4 is 10.8 Å². The molecule has 14 heteroatoms. The van der Waals surface area contributed by atoms with E-state index in [-0.39, 0.29) is 67.2 Å². The van der Waals surface area contributed by atoms with Gasteiger partial charge in [-0.2, -0.15) is 5.48 Å². The molecule has 0 saturated heterocycles. The van der Waals surface area contributed by atoms with Gasteiger partial charge in [0.05, 0.1) is 55.9 Å². The zero-order chi connectivity index (χ0) is 34.1. The van der Waals surface area contributed by atoms with E-state index in [4.69, 9.17) is 14.3 Å². The minimum absolute atomic E-state index is 0.0562. The van der Waals surface area contributed by atoms with Gasteiger partial charge < -0.3 is 34.9 Å². The Hall–Kier alpha value is -2.39. The second-order valence-electron chi connectivity index (χ2n) is 15.1. The molecule has 0 aromatic heterocycles. The molecule has 0 aromatic rings. The minimum Gasteiger partial charge on any atom is -0.481 e. The fourth-order valence-corrected chi connectivity index (χ4v) is 7.67. The first-order valence-electron chi connectivity index (χ1n) is 17.5. The third kappa shape index (κ3) is 11.3. The number of rotatable bonds is 15. The summed E-state index contributed by atoms with van der Waals surface area (Å²) in [5, 5.41) is 43.0. The standard InChI is InChI=1S/C33H55N3O11/c1-33(2,19-46-26-12-6-22(7-13-26)35-47-17-20-3-9-24(37)16-28(20)31(39)40)18-45-25-10-4-21(5-11-25)34-30(38)27-14-8-23(36(43)44)15-29(27)32(41)42/h20-29,35,37H,3-19H2,1-2H3,(H,34,38)(H,39,40)(H,41,42). The molecule has 0 radical (unpaired) electrons. The van der Waals surface area contributed by atoms with Crippen molar-refractivity contribution in [2.75, 3.05) is 19.8 Å². The van der Waals surface area contributed by atoms with Crippen molar-refractivity contribution in [3.05, 3.63) is 10.1 Å². The summed E-state index contributed by atoms with van der Waals surface area (Å²) in [5.41, 5.74) is 2.96. The van der Waals surface area contributed by atoms with Gasteiger partial charge in [-0.05, 0) is 83.0 Å². The number of carbonyl (C=O) groups is 3. The summed E-state index contributed by atoms with van der Waals surface area (Å²) in [5.74, 6) is -4.78. The molecule has 6 atom stereocenters. The molecular formula is C33H55N3O11. The Morgan fingerprint density at radius 1 is 0.766 bits per heavy atom. The van der Waals surface area contributed by atoms with E-state index in [2.05, 4.69) is 24.6 Å². The molecule has 5 N–H and O–H groups in total. The molecule has 4 rings (SSSR count). The summed E-state index contributed by atoms with van der Waals surface area (Å²) < 4.78 is 12.6. The van der Waals surface area contributed by atoms with Crippen molar-refractivity contribution in [2.45, 2.75) is 140 Å². The molecule has 14 nitrogen and oxygen atoms in total. The second-order valence-corrected chi connectivity index (χ2v) is 15.1. The van der Waals surface area contributed by atoms with Crippen LogP contribution in [-0.4, -0.2) is 94.3 Å². The molecule has 4 saturated carbocycles. The van der Waals surface area contributed by atoms with Gasteiger partial charge in [-0.25, -0.2) is 0 Å². The van der Waals surface area contributed by atoms with Crippen molar-refractivity contribution in [3.63, 3.8) is 0 Å². The van der Waals surface area contributed by atoms with E-state index >= 15 is 0 Å². The van der Waals surface area contributed by atoms with E-state index in [1.54, 1.807) is 0 Å². The third-order valence-electron chi connectivity index (χ3n) is 10.7. The average molecular weight is 670 g/mol. The van der Waals surface area contributed by atoms with Crippen molar-refractivity contribution in [1.29, 1.82) is 0 Å². The van der Waals surface area contributed by atoms with Gasteiger partial charge >= 0.3 is 11.9 Å². The van der Waals surface area contributed by atoms with Gasteiger partial charge in [0.2, 0.25) is 11.9 Å². The third-order valence-corrected chi connectivity index (χ3v) is 10.7. The quantitative estimate of drug-likeness (QED) is 0.126. The van der Waals surface area contributed by atoms with Crippen LogP contribution in [0.15, 0.2) is 0 Å². The normalized spacial score (nSPS) is 35.1. The summed E-state index contributed by atoms with van der Waals surface area (Å²) in [4.78, 5) is 52.7. The van der Waals surface area contributed by atoms with Gasteiger partial charge in [-0.3, -0.25) is 24.5 Å². The maximum atomic E-state index is 12.9. The van der Waals surface area contributed by atoms with Crippen LogP contribution in [0.3, 0.4) is 0 Å². The number of hydrogen-bond donors (Lipinski definition) is 5. The smallest absolute Gasteiger partial charge is 0.307 e. The van der Waals surface area contributed by atoms with Crippen LogP contribution in [0.25, 0.3) is 0 Å². The summed E-state index contributed by atoms with van der Waals surface area (Å²) >= 11 is 0. The van der Waals surface area contributed by atoms with Gasteiger partial charge in [0.25, 0.3) is 0 Å². The van der Waals surface area contributed by atoms with Crippen molar-refractivity contribution in [2.24, 2.45) is 29.1 Å².